The largest absolute Gasteiger partial charge is 0.443 e. The van der Waals surface area contributed by atoms with E-state index in [0.29, 0.717) is 30.1 Å². The molecular weight excluding hydrogens is 379 g/mol. The average Bonchev–Trinajstić information content (AvgIpc) is 3.22. The molecule has 4 rings (SSSR count). The molecule has 0 atom stereocenters. The number of piperidine rings is 1. The number of carbonyl (C=O) groups excluding carboxylic acids is 1. The molecule has 2 heterocycles. The molecule has 1 fully saturated rings. The second kappa shape index (κ2) is 8.98. The average molecular weight is 402 g/mol. The molecule has 1 aromatic heterocycles. The summed E-state index contributed by atoms with van der Waals surface area (Å²) >= 11 is 0. The first kappa shape index (κ1) is 19.9. The van der Waals surface area contributed by atoms with Crippen molar-refractivity contribution < 1.29 is 13.6 Å². The number of aldehydes is 1. The quantitative estimate of drug-likeness (QED) is 0.517. The van der Waals surface area contributed by atoms with Gasteiger partial charge in [0.05, 0.1) is 11.3 Å². The molecule has 0 amide bonds. The maximum atomic E-state index is 13.8. The molecule has 4 nitrogen and oxygen atoms in total. The zero-order chi connectivity index (χ0) is 20.9. The lowest BCUT2D eigenvalue weighted by molar-refractivity contribution is 0.110. The Kier molecular flexibility index (Phi) is 5.97. The lowest BCUT2D eigenvalue weighted by Gasteiger charge is -2.33. The van der Waals surface area contributed by atoms with Crippen LogP contribution in [-0.2, 0) is 6.54 Å². The highest BCUT2D eigenvalue weighted by molar-refractivity contribution is 5.81. The lowest BCUT2D eigenvalue weighted by atomic mass is 9.88. The molecule has 152 valence electrons. The summed E-state index contributed by atoms with van der Waals surface area (Å²) in [5.41, 5.74) is 9.27. The minimum absolute atomic E-state index is 0.261. The fraction of sp³-hybridized carbons (Fsp3) is 0.240. The van der Waals surface area contributed by atoms with Gasteiger partial charge in [-0.3, -0.25) is 4.79 Å². The molecular formula is C25H23FN2O2. The van der Waals surface area contributed by atoms with Gasteiger partial charge in [0.2, 0.25) is 0 Å². The number of benzene rings is 2. The van der Waals surface area contributed by atoms with Gasteiger partial charge < -0.3 is 15.1 Å². The number of halogens is 1. The van der Waals surface area contributed by atoms with Gasteiger partial charge in [0.1, 0.15) is 5.82 Å². The number of carbonyl (C=O) groups is 1. The Labute approximate surface area is 175 Å². The molecule has 0 unspecified atom stereocenters. The zero-order valence-corrected chi connectivity index (χ0v) is 16.6. The minimum Gasteiger partial charge on any atom is -0.443 e. The van der Waals surface area contributed by atoms with Crippen LogP contribution in [0, 0.1) is 17.7 Å². The monoisotopic (exact) mass is 402 g/mol. The first-order valence-corrected chi connectivity index (χ1v) is 10.1. The predicted octanol–water partition coefficient (Wildman–Crippen LogP) is 4.47. The molecule has 0 spiro atoms. The molecule has 0 aliphatic carbocycles. The molecule has 0 saturated carbocycles. The summed E-state index contributed by atoms with van der Waals surface area (Å²) in [6.07, 6.45) is 2.67. The predicted molar refractivity (Wildman–Crippen MR) is 115 cm³/mol. The zero-order valence-electron chi connectivity index (χ0n) is 16.6. The second-order valence-corrected chi connectivity index (χ2v) is 7.42. The van der Waals surface area contributed by atoms with E-state index >= 15 is 0 Å². The summed E-state index contributed by atoms with van der Waals surface area (Å²) in [5, 5.41) is 0. The maximum Gasteiger partial charge on any atom is 0.191 e. The highest BCUT2D eigenvalue weighted by Gasteiger charge is 2.24. The number of rotatable bonds is 4. The van der Waals surface area contributed by atoms with Gasteiger partial charge in [-0.05, 0) is 47.9 Å². The molecule has 1 saturated heterocycles. The van der Waals surface area contributed by atoms with Crippen molar-refractivity contribution >= 4 is 12.0 Å². The lowest BCUT2D eigenvalue weighted by Crippen LogP contribution is -2.33. The molecule has 1 aliphatic rings. The topological polar surface area (TPSA) is 59.5 Å². The number of furan rings is 1. The van der Waals surface area contributed by atoms with Crippen molar-refractivity contribution in [1.29, 1.82) is 0 Å². The van der Waals surface area contributed by atoms with Crippen LogP contribution in [0.2, 0.25) is 0 Å². The smallest absolute Gasteiger partial charge is 0.191 e. The van der Waals surface area contributed by atoms with Crippen molar-refractivity contribution in [2.45, 2.75) is 25.3 Å². The Bertz CT molecular complexity index is 1100. The summed E-state index contributed by atoms with van der Waals surface area (Å²) in [6, 6.07) is 16.5. The number of hydrogen-bond acceptors (Lipinski definition) is 4. The molecule has 0 bridgehead atoms. The van der Waals surface area contributed by atoms with Gasteiger partial charge in [-0.1, -0.05) is 42.3 Å². The van der Waals surface area contributed by atoms with Crippen LogP contribution in [0.25, 0.3) is 0 Å². The van der Waals surface area contributed by atoms with E-state index in [2.05, 4.69) is 34.9 Å². The first-order chi connectivity index (χ1) is 14.7. The van der Waals surface area contributed by atoms with Crippen LogP contribution in [0.5, 0.6) is 0 Å². The molecule has 1 aliphatic heterocycles. The number of nitrogens with zero attached hydrogens (tertiary/aromatic N) is 1. The maximum absolute atomic E-state index is 13.8. The fourth-order valence-corrected chi connectivity index (χ4v) is 3.91. The van der Waals surface area contributed by atoms with Crippen molar-refractivity contribution in [3.63, 3.8) is 0 Å². The fourth-order valence-electron chi connectivity index (χ4n) is 3.91. The van der Waals surface area contributed by atoms with Gasteiger partial charge in [-0.15, -0.1) is 0 Å². The summed E-state index contributed by atoms with van der Waals surface area (Å²) in [6.45, 7) is 2.18. The summed E-state index contributed by atoms with van der Waals surface area (Å²) in [7, 11) is 0. The van der Waals surface area contributed by atoms with Crippen molar-refractivity contribution in [3.05, 3.63) is 88.6 Å². The summed E-state index contributed by atoms with van der Waals surface area (Å²) < 4.78 is 19.4. The van der Waals surface area contributed by atoms with Crippen LogP contribution < -0.4 is 10.6 Å². The van der Waals surface area contributed by atoms with Crippen LogP contribution in [0.15, 0.2) is 59.0 Å². The third-order valence-electron chi connectivity index (χ3n) is 5.54. The molecule has 5 heteroatoms. The van der Waals surface area contributed by atoms with Gasteiger partial charge in [0.15, 0.2) is 17.8 Å². The number of nitrogens with two attached hydrogens (primary N) is 1. The Balaban J connectivity index is 1.49. The molecule has 2 aromatic carbocycles. The third-order valence-corrected chi connectivity index (χ3v) is 5.54. The van der Waals surface area contributed by atoms with Crippen LogP contribution in [-0.4, -0.2) is 19.4 Å². The van der Waals surface area contributed by atoms with Crippen molar-refractivity contribution in [3.8, 4) is 11.8 Å². The van der Waals surface area contributed by atoms with Crippen LogP contribution in [0.1, 0.15) is 51.8 Å². The van der Waals surface area contributed by atoms with E-state index in [1.54, 1.807) is 24.3 Å². The van der Waals surface area contributed by atoms with Gasteiger partial charge in [0, 0.05) is 25.7 Å². The van der Waals surface area contributed by atoms with E-state index in [-0.39, 0.29) is 11.6 Å². The Morgan fingerprint density at radius 3 is 2.63 bits per heavy atom. The van der Waals surface area contributed by atoms with E-state index < -0.39 is 0 Å². The minimum atomic E-state index is -0.381. The van der Waals surface area contributed by atoms with Crippen LogP contribution >= 0.6 is 0 Å². The van der Waals surface area contributed by atoms with E-state index in [0.717, 1.165) is 37.2 Å². The number of anilines is 1. The van der Waals surface area contributed by atoms with E-state index in [9.17, 15) is 9.18 Å². The molecule has 3 aromatic rings. The summed E-state index contributed by atoms with van der Waals surface area (Å²) in [4.78, 5) is 13.7. The van der Waals surface area contributed by atoms with Gasteiger partial charge in [-0.2, -0.15) is 0 Å². The van der Waals surface area contributed by atoms with Gasteiger partial charge >= 0.3 is 0 Å². The standard InChI is InChI=1S/C25H23FN2O2/c26-23-7-2-1-5-20(23)8-9-22-15-24(25(17-29)30-22)28-12-10-19(11-13-28)21-6-3-4-18(14-21)16-27/h1-7,14-15,17,19H,10-13,16,27H2. The SMILES string of the molecule is NCc1cccc(C2CCN(c3cc(C#Cc4ccccc4F)oc3C=O)CC2)c1. The Morgan fingerprint density at radius 1 is 1.10 bits per heavy atom. The molecule has 0 radical (unpaired) electrons. The van der Waals surface area contributed by atoms with Crippen molar-refractivity contribution in [2.75, 3.05) is 18.0 Å². The molecule has 2 N–H and O–H groups in total. The van der Waals surface area contributed by atoms with Crippen molar-refractivity contribution in [1.82, 2.24) is 0 Å². The van der Waals surface area contributed by atoms with Gasteiger partial charge in [-0.25, -0.2) is 4.39 Å². The highest BCUT2D eigenvalue weighted by atomic mass is 19.1. The van der Waals surface area contributed by atoms with Crippen LogP contribution in [0.4, 0.5) is 10.1 Å². The third kappa shape index (κ3) is 4.29. The Hall–Kier alpha value is -3.36. The first-order valence-electron chi connectivity index (χ1n) is 10.1. The van der Waals surface area contributed by atoms with Crippen LogP contribution in [0.3, 0.4) is 0 Å². The normalized spacial score (nSPS) is 14.3. The number of hydrogen-bond donors (Lipinski definition) is 1. The highest BCUT2D eigenvalue weighted by Crippen LogP contribution is 2.33. The van der Waals surface area contributed by atoms with Crippen molar-refractivity contribution in [2.24, 2.45) is 5.73 Å². The van der Waals surface area contributed by atoms with E-state index in [4.69, 9.17) is 10.2 Å². The summed E-state index contributed by atoms with van der Waals surface area (Å²) in [5.74, 6) is 6.31. The molecule has 30 heavy (non-hydrogen) atoms. The van der Waals surface area contributed by atoms with E-state index in [1.165, 1.54) is 11.6 Å². The second-order valence-electron chi connectivity index (χ2n) is 7.42. The Morgan fingerprint density at radius 2 is 1.90 bits per heavy atom. The van der Waals surface area contributed by atoms with Gasteiger partial charge in [0.25, 0.3) is 0 Å². The van der Waals surface area contributed by atoms with E-state index in [1.807, 2.05) is 6.07 Å².